The van der Waals surface area contributed by atoms with Crippen molar-refractivity contribution in [1.29, 1.82) is 0 Å². The Bertz CT molecular complexity index is 834. The number of thiophene rings is 1. The molecule has 3 nitrogen and oxygen atoms in total. The molecule has 0 aliphatic rings. The summed E-state index contributed by atoms with van der Waals surface area (Å²) >= 11 is 1.65. The number of rotatable bonds is 4. The van der Waals surface area contributed by atoms with Crippen LogP contribution in [0, 0.1) is 5.82 Å². The molecule has 0 unspecified atom stereocenters. The van der Waals surface area contributed by atoms with Crippen LogP contribution in [0.1, 0.15) is 27.9 Å². The van der Waals surface area contributed by atoms with E-state index < -0.39 is 5.97 Å². The van der Waals surface area contributed by atoms with Crippen molar-refractivity contribution in [1.82, 2.24) is 4.57 Å². The van der Waals surface area contributed by atoms with Crippen LogP contribution in [0.4, 0.5) is 4.39 Å². The van der Waals surface area contributed by atoms with E-state index in [1.54, 1.807) is 29.5 Å². The average molecular weight is 317 g/mol. The molecule has 0 bridgehead atoms. The van der Waals surface area contributed by atoms with Crippen molar-refractivity contribution in [3.63, 3.8) is 0 Å². The van der Waals surface area contributed by atoms with Gasteiger partial charge in [0.15, 0.2) is 0 Å². The molecule has 0 aliphatic heterocycles. The summed E-state index contributed by atoms with van der Waals surface area (Å²) < 4.78 is 21.6. The number of nitrogens with zero attached hydrogens (tertiary/aromatic N) is 1. The minimum atomic E-state index is -0.405. The van der Waals surface area contributed by atoms with E-state index in [9.17, 15) is 9.18 Å². The summed E-state index contributed by atoms with van der Waals surface area (Å²) in [4.78, 5) is 13.2. The lowest BCUT2D eigenvalue weighted by atomic mass is 10.2. The molecular formula is C17H16FNO2S. The number of hydrogen-bond donors (Lipinski definition) is 0. The molecule has 3 rings (SSSR count). The van der Waals surface area contributed by atoms with Crippen molar-refractivity contribution >= 4 is 27.5 Å². The third kappa shape index (κ3) is 2.52. The Hall–Kier alpha value is -2.14. The van der Waals surface area contributed by atoms with Gasteiger partial charge in [0.1, 0.15) is 11.5 Å². The maximum Gasteiger partial charge on any atom is 0.354 e. The van der Waals surface area contributed by atoms with E-state index in [0.717, 1.165) is 16.6 Å². The van der Waals surface area contributed by atoms with Crippen LogP contribution in [0.25, 0.3) is 10.2 Å². The van der Waals surface area contributed by atoms with Crippen LogP contribution in [-0.2, 0) is 17.7 Å². The standard InChI is InChI=1S/C17H16FNO2S/c1-3-12-8-14-16(22-12)9-15(17(20)21-2)19(14)10-11-6-4-5-7-13(11)18/h4-9H,3,10H2,1-2H3. The molecular weight excluding hydrogens is 301 g/mol. The summed E-state index contributed by atoms with van der Waals surface area (Å²) in [6.07, 6.45) is 0.937. The first kappa shape index (κ1) is 14.8. The lowest BCUT2D eigenvalue weighted by molar-refractivity contribution is 0.0589. The molecule has 1 aromatic carbocycles. The third-order valence-electron chi connectivity index (χ3n) is 3.67. The van der Waals surface area contributed by atoms with Crippen LogP contribution in [0.5, 0.6) is 0 Å². The molecule has 22 heavy (non-hydrogen) atoms. The molecule has 2 aromatic heterocycles. The molecule has 0 saturated carbocycles. The summed E-state index contributed by atoms with van der Waals surface area (Å²) in [6, 6.07) is 10.5. The van der Waals surface area contributed by atoms with Gasteiger partial charge in [-0.05, 0) is 24.6 Å². The Labute approximate surface area is 131 Å². The minimum Gasteiger partial charge on any atom is -0.464 e. The fourth-order valence-electron chi connectivity index (χ4n) is 2.51. The zero-order chi connectivity index (χ0) is 15.7. The minimum absolute atomic E-state index is 0.272. The summed E-state index contributed by atoms with van der Waals surface area (Å²) in [5.41, 5.74) is 1.95. The second-order valence-corrected chi connectivity index (χ2v) is 6.18. The van der Waals surface area contributed by atoms with Gasteiger partial charge in [-0.2, -0.15) is 0 Å². The number of benzene rings is 1. The van der Waals surface area contributed by atoms with E-state index in [1.807, 2.05) is 10.6 Å². The van der Waals surface area contributed by atoms with E-state index in [0.29, 0.717) is 17.8 Å². The second-order valence-electron chi connectivity index (χ2n) is 5.01. The topological polar surface area (TPSA) is 31.2 Å². The summed E-state index contributed by atoms with van der Waals surface area (Å²) in [7, 11) is 1.36. The van der Waals surface area contributed by atoms with Crippen LogP contribution in [0.15, 0.2) is 36.4 Å². The number of fused-ring (bicyclic) bond motifs is 1. The van der Waals surface area contributed by atoms with Gasteiger partial charge in [0.25, 0.3) is 0 Å². The van der Waals surface area contributed by atoms with Crippen molar-refractivity contribution in [2.24, 2.45) is 0 Å². The second kappa shape index (κ2) is 5.93. The lowest BCUT2D eigenvalue weighted by Crippen LogP contribution is -2.12. The van der Waals surface area contributed by atoms with Gasteiger partial charge in [-0.1, -0.05) is 25.1 Å². The highest BCUT2D eigenvalue weighted by atomic mass is 32.1. The number of methoxy groups -OCH3 is 1. The fraction of sp³-hybridized carbons (Fsp3) is 0.235. The molecule has 0 radical (unpaired) electrons. The molecule has 0 aliphatic carbocycles. The van der Waals surface area contributed by atoms with Crippen LogP contribution >= 0.6 is 11.3 Å². The Balaban J connectivity index is 2.13. The predicted octanol–water partition coefficient (Wildman–Crippen LogP) is 4.24. The Kier molecular flexibility index (Phi) is 3.98. The van der Waals surface area contributed by atoms with Crippen LogP contribution < -0.4 is 0 Å². The number of ether oxygens (including phenoxy) is 1. The van der Waals surface area contributed by atoms with Crippen molar-refractivity contribution in [3.05, 3.63) is 58.3 Å². The van der Waals surface area contributed by atoms with Crippen molar-refractivity contribution < 1.29 is 13.9 Å². The first-order valence-electron chi connectivity index (χ1n) is 7.07. The summed E-state index contributed by atoms with van der Waals surface area (Å²) in [5, 5.41) is 0. The average Bonchev–Trinajstić information content (AvgIpc) is 3.07. The van der Waals surface area contributed by atoms with E-state index in [2.05, 4.69) is 13.0 Å². The fourth-order valence-corrected chi connectivity index (χ4v) is 3.55. The number of carbonyl (C=O) groups excluding carboxylic acids is 1. The zero-order valence-electron chi connectivity index (χ0n) is 12.4. The van der Waals surface area contributed by atoms with Gasteiger partial charge in [0.2, 0.25) is 0 Å². The van der Waals surface area contributed by atoms with Gasteiger partial charge in [-0.25, -0.2) is 9.18 Å². The molecule has 0 fully saturated rings. The third-order valence-corrected chi connectivity index (χ3v) is 4.89. The number of hydrogen-bond acceptors (Lipinski definition) is 3. The van der Waals surface area contributed by atoms with Crippen molar-refractivity contribution in [2.75, 3.05) is 7.11 Å². The Morgan fingerprint density at radius 1 is 1.32 bits per heavy atom. The van der Waals surface area contributed by atoms with Gasteiger partial charge >= 0.3 is 5.97 Å². The maximum atomic E-state index is 13.9. The maximum absolute atomic E-state index is 13.9. The van der Waals surface area contributed by atoms with Gasteiger partial charge < -0.3 is 9.30 Å². The molecule has 0 atom stereocenters. The SMILES string of the molecule is CCc1cc2c(cc(C(=O)OC)n2Cc2ccccc2F)s1. The number of halogens is 1. The normalized spacial score (nSPS) is 11.0. The largest absolute Gasteiger partial charge is 0.464 e. The first-order chi connectivity index (χ1) is 10.6. The van der Waals surface area contributed by atoms with E-state index in [-0.39, 0.29) is 5.82 Å². The van der Waals surface area contributed by atoms with E-state index >= 15 is 0 Å². The van der Waals surface area contributed by atoms with Crippen molar-refractivity contribution in [2.45, 2.75) is 19.9 Å². The number of carbonyl (C=O) groups is 1. The van der Waals surface area contributed by atoms with Crippen LogP contribution in [0.3, 0.4) is 0 Å². The molecule has 3 aromatic rings. The molecule has 5 heteroatoms. The molecule has 0 amide bonds. The van der Waals surface area contributed by atoms with Crippen molar-refractivity contribution in [3.8, 4) is 0 Å². The molecule has 0 N–H and O–H groups in total. The molecule has 114 valence electrons. The lowest BCUT2D eigenvalue weighted by Gasteiger charge is -2.10. The number of aryl methyl sites for hydroxylation is 1. The summed E-state index contributed by atoms with van der Waals surface area (Å²) in [6.45, 7) is 2.40. The predicted molar refractivity (Wildman–Crippen MR) is 86.0 cm³/mol. The Morgan fingerprint density at radius 2 is 2.09 bits per heavy atom. The van der Waals surface area contributed by atoms with Crippen LogP contribution in [-0.4, -0.2) is 17.6 Å². The highest BCUT2D eigenvalue weighted by Gasteiger charge is 2.19. The van der Waals surface area contributed by atoms with Gasteiger partial charge in [-0.3, -0.25) is 0 Å². The summed E-state index contributed by atoms with van der Waals surface area (Å²) in [5.74, 6) is -0.677. The van der Waals surface area contributed by atoms with Crippen LogP contribution in [0.2, 0.25) is 0 Å². The molecule has 2 heterocycles. The first-order valence-corrected chi connectivity index (χ1v) is 7.89. The zero-order valence-corrected chi connectivity index (χ0v) is 13.2. The van der Waals surface area contributed by atoms with E-state index in [1.165, 1.54) is 18.1 Å². The van der Waals surface area contributed by atoms with E-state index in [4.69, 9.17) is 4.74 Å². The quantitative estimate of drug-likeness (QED) is 0.674. The highest BCUT2D eigenvalue weighted by molar-refractivity contribution is 7.19. The Morgan fingerprint density at radius 3 is 2.77 bits per heavy atom. The number of aromatic nitrogens is 1. The monoisotopic (exact) mass is 317 g/mol. The van der Waals surface area contributed by atoms with Gasteiger partial charge in [-0.15, -0.1) is 11.3 Å². The molecule has 0 saturated heterocycles. The smallest absolute Gasteiger partial charge is 0.354 e. The highest BCUT2D eigenvalue weighted by Crippen LogP contribution is 2.30. The molecule has 0 spiro atoms. The van der Waals surface area contributed by atoms with Gasteiger partial charge in [0.05, 0.1) is 23.9 Å². The number of esters is 1. The van der Waals surface area contributed by atoms with Gasteiger partial charge in [0, 0.05) is 10.4 Å².